The molecule has 0 saturated heterocycles. The Kier molecular flexibility index (Phi) is 4.23. The van der Waals surface area contributed by atoms with Crippen molar-refractivity contribution in [3.8, 4) is 10.6 Å². The number of rotatable bonds is 4. The molecule has 2 aromatic heterocycles. The smallest absolute Gasteiger partial charge is 0.337 e. The number of carbonyl (C=O) groups is 1. The fourth-order valence-corrected chi connectivity index (χ4v) is 4.39. The average molecular weight is 331 g/mol. The van der Waals surface area contributed by atoms with Gasteiger partial charge in [-0.3, -0.25) is 16.3 Å². The molecule has 6 heteroatoms. The second kappa shape index (κ2) is 6.03. The van der Waals surface area contributed by atoms with E-state index < -0.39 is 5.97 Å². The number of hydrazine groups is 1. The van der Waals surface area contributed by atoms with Crippen molar-refractivity contribution in [1.29, 1.82) is 0 Å². The Morgan fingerprint density at radius 2 is 2.26 bits per heavy atom. The zero-order chi connectivity index (χ0) is 16.6. The monoisotopic (exact) mass is 331 g/mol. The number of aryl methyl sites for hydroxylation is 1. The predicted molar refractivity (Wildman–Crippen MR) is 91.3 cm³/mol. The number of nitrogens with one attached hydrogen (secondary N) is 1. The van der Waals surface area contributed by atoms with E-state index in [9.17, 15) is 9.90 Å². The van der Waals surface area contributed by atoms with Gasteiger partial charge < -0.3 is 5.11 Å². The van der Waals surface area contributed by atoms with Crippen molar-refractivity contribution in [3.05, 3.63) is 39.9 Å². The maximum atomic E-state index is 11.9. The summed E-state index contributed by atoms with van der Waals surface area (Å²) in [6, 6.07) is 3.80. The number of carboxylic acids is 1. The highest BCUT2D eigenvalue weighted by Crippen LogP contribution is 2.44. The summed E-state index contributed by atoms with van der Waals surface area (Å²) in [5, 5.41) is 9.73. The summed E-state index contributed by atoms with van der Waals surface area (Å²) >= 11 is 1.58. The first-order valence-electron chi connectivity index (χ1n) is 7.68. The second-order valence-electron chi connectivity index (χ2n) is 6.79. The Hall–Kier alpha value is -1.76. The molecule has 1 aliphatic rings. The van der Waals surface area contributed by atoms with Crippen LogP contribution < -0.4 is 11.3 Å². The summed E-state index contributed by atoms with van der Waals surface area (Å²) in [5.41, 5.74) is 5.88. The van der Waals surface area contributed by atoms with Crippen LogP contribution in [0.25, 0.3) is 10.6 Å². The van der Waals surface area contributed by atoms with Crippen LogP contribution in [0.2, 0.25) is 0 Å². The Morgan fingerprint density at radius 3 is 2.87 bits per heavy atom. The van der Waals surface area contributed by atoms with Crippen LogP contribution in [0.4, 0.5) is 0 Å². The van der Waals surface area contributed by atoms with E-state index in [1.165, 1.54) is 4.88 Å². The van der Waals surface area contributed by atoms with Gasteiger partial charge in [0.05, 0.1) is 16.1 Å². The lowest BCUT2D eigenvalue weighted by Gasteiger charge is -2.29. The molecule has 0 spiro atoms. The van der Waals surface area contributed by atoms with Crippen LogP contribution in [0.5, 0.6) is 0 Å². The molecule has 0 atom stereocenters. The summed E-state index contributed by atoms with van der Waals surface area (Å²) in [6.07, 6.45) is 4.59. The molecule has 3 rings (SSSR count). The van der Waals surface area contributed by atoms with Gasteiger partial charge in [-0.1, -0.05) is 19.9 Å². The number of hydrogen-bond acceptors (Lipinski definition) is 5. The lowest BCUT2D eigenvalue weighted by atomic mass is 9.76. The number of aromatic nitrogens is 1. The van der Waals surface area contributed by atoms with E-state index in [1.807, 2.05) is 12.1 Å². The number of fused-ring (bicyclic) bond motifs is 1. The number of pyridine rings is 1. The molecule has 2 aromatic rings. The van der Waals surface area contributed by atoms with Crippen molar-refractivity contribution < 1.29 is 9.90 Å². The molecule has 5 nitrogen and oxygen atoms in total. The summed E-state index contributed by atoms with van der Waals surface area (Å²) in [5.74, 6) is 4.45. The third-order valence-corrected chi connectivity index (χ3v) is 5.67. The Morgan fingerprint density at radius 1 is 1.48 bits per heavy atom. The largest absolute Gasteiger partial charge is 0.478 e. The van der Waals surface area contributed by atoms with Gasteiger partial charge in [0.2, 0.25) is 0 Å². The maximum absolute atomic E-state index is 11.9. The van der Waals surface area contributed by atoms with Gasteiger partial charge in [-0.05, 0) is 41.9 Å². The summed E-state index contributed by atoms with van der Waals surface area (Å²) < 4.78 is 0. The van der Waals surface area contributed by atoms with Crippen molar-refractivity contribution >= 4 is 17.3 Å². The molecular formula is C17H21N3O2S. The van der Waals surface area contributed by atoms with E-state index in [0.29, 0.717) is 12.1 Å². The Bertz CT molecular complexity index is 735. The van der Waals surface area contributed by atoms with Crippen LogP contribution >= 0.6 is 11.3 Å². The van der Waals surface area contributed by atoms with E-state index in [2.05, 4.69) is 24.3 Å². The van der Waals surface area contributed by atoms with Crippen molar-refractivity contribution in [2.24, 2.45) is 11.3 Å². The van der Waals surface area contributed by atoms with Crippen molar-refractivity contribution in [1.82, 2.24) is 10.4 Å². The van der Waals surface area contributed by atoms with Gasteiger partial charge in [0.15, 0.2) is 0 Å². The SMILES string of the molecule is CC1(C)CCc2sc(-c3ccc(CNN)cn3)c(C(=O)O)c2C1. The minimum absolute atomic E-state index is 0.152. The number of nitrogens with two attached hydrogens (primary N) is 1. The number of hydrogen-bond donors (Lipinski definition) is 3. The van der Waals surface area contributed by atoms with Crippen molar-refractivity contribution in [3.63, 3.8) is 0 Å². The van der Waals surface area contributed by atoms with Crippen LogP contribution in [-0.4, -0.2) is 16.1 Å². The normalized spacial score (nSPS) is 16.1. The Labute approximate surface area is 139 Å². The molecule has 0 unspecified atom stereocenters. The quantitative estimate of drug-likeness (QED) is 0.592. The fraction of sp³-hybridized carbons (Fsp3) is 0.412. The number of carboxylic acid groups (broad SMARTS) is 1. The number of nitrogens with zero attached hydrogens (tertiary/aromatic N) is 1. The van der Waals surface area contributed by atoms with Gasteiger partial charge >= 0.3 is 5.97 Å². The lowest BCUT2D eigenvalue weighted by molar-refractivity contribution is 0.0696. The molecule has 1 aliphatic carbocycles. The average Bonchev–Trinajstić information content (AvgIpc) is 2.85. The molecule has 0 bridgehead atoms. The minimum atomic E-state index is -0.857. The van der Waals surface area contributed by atoms with Crippen LogP contribution in [0.3, 0.4) is 0 Å². The molecule has 0 radical (unpaired) electrons. The summed E-state index contributed by atoms with van der Waals surface area (Å²) in [6.45, 7) is 4.94. The Balaban J connectivity index is 2.06. The fourth-order valence-electron chi connectivity index (χ4n) is 3.11. The highest BCUT2D eigenvalue weighted by Gasteiger charge is 2.33. The van der Waals surface area contributed by atoms with Crippen LogP contribution in [-0.2, 0) is 19.4 Å². The first kappa shape index (κ1) is 16.1. The van der Waals surface area contributed by atoms with E-state index in [0.717, 1.165) is 41.0 Å². The van der Waals surface area contributed by atoms with Gasteiger partial charge in [-0.2, -0.15) is 0 Å². The first-order valence-corrected chi connectivity index (χ1v) is 8.49. The number of aromatic carboxylic acids is 1. The number of thiophene rings is 1. The summed E-state index contributed by atoms with van der Waals surface area (Å²) in [4.78, 5) is 18.3. The minimum Gasteiger partial charge on any atom is -0.478 e. The van der Waals surface area contributed by atoms with Gasteiger partial charge in [0, 0.05) is 17.6 Å². The third-order valence-electron chi connectivity index (χ3n) is 4.35. The second-order valence-corrected chi connectivity index (χ2v) is 7.89. The highest BCUT2D eigenvalue weighted by molar-refractivity contribution is 7.16. The molecule has 0 fully saturated rings. The third kappa shape index (κ3) is 3.15. The van der Waals surface area contributed by atoms with Crippen LogP contribution in [0, 0.1) is 5.41 Å². The van der Waals surface area contributed by atoms with Crippen LogP contribution in [0.15, 0.2) is 18.3 Å². The molecule has 0 aliphatic heterocycles. The molecule has 0 aromatic carbocycles. The predicted octanol–water partition coefficient (Wildman–Crippen LogP) is 2.99. The van der Waals surface area contributed by atoms with E-state index >= 15 is 0 Å². The maximum Gasteiger partial charge on any atom is 0.337 e. The standard InChI is InChI=1S/C17H21N3O2S/c1-17(2)6-5-13-11(7-17)14(16(21)22)15(23-13)12-4-3-10(8-19-12)9-20-18/h3-4,8,20H,5-7,9,18H2,1-2H3,(H,21,22). The zero-order valence-corrected chi connectivity index (χ0v) is 14.2. The van der Waals surface area contributed by atoms with Gasteiger partial charge in [-0.25, -0.2) is 4.79 Å². The molecule has 122 valence electrons. The van der Waals surface area contributed by atoms with Gasteiger partial charge in [-0.15, -0.1) is 11.3 Å². The van der Waals surface area contributed by atoms with E-state index in [1.54, 1.807) is 17.5 Å². The topological polar surface area (TPSA) is 88.2 Å². The van der Waals surface area contributed by atoms with E-state index in [-0.39, 0.29) is 5.41 Å². The summed E-state index contributed by atoms with van der Waals surface area (Å²) in [7, 11) is 0. The van der Waals surface area contributed by atoms with E-state index in [4.69, 9.17) is 5.84 Å². The zero-order valence-electron chi connectivity index (χ0n) is 13.3. The molecule has 0 amide bonds. The van der Waals surface area contributed by atoms with Crippen molar-refractivity contribution in [2.45, 2.75) is 39.7 Å². The van der Waals surface area contributed by atoms with Gasteiger partial charge in [0.25, 0.3) is 0 Å². The molecule has 2 heterocycles. The molecule has 4 N–H and O–H groups in total. The molecule has 0 saturated carbocycles. The molecular weight excluding hydrogens is 310 g/mol. The molecule has 23 heavy (non-hydrogen) atoms. The first-order chi connectivity index (χ1) is 10.9. The van der Waals surface area contributed by atoms with Gasteiger partial charge in [0.1, 0.15) is 0 Å². The highest BCUT2D eigenvalue weighted by atomic mass is 32.1. The van der Waals surface area contributed by atoms with Crippen LogP contribution in [0.1, 0.15) is 46.6 Å². The lowest BCUT2D eigenvalue weighted by Crippen LogP contribution is -2.22. The van der Waals surface area contributed by atoms with Crippen molar-refractivity contribution in [2.75, 3.05) is 0 Å².